The standard InChI is InChI=1S/C14H23N5OS/c1-19(2)14(6-3-7-14)8-16-12(20)10-11(15)18-13(21-10)17-9-4-5-9/h9H,3-8,15H2,1-2H3,(H,16,20)(H,17,18). The number of likely N-dealkylation sites (N-methyl/N-ethyl adjacent to an activating group) is 1. The summed E-state index contributed by atoms with van der Waals surface area (Å²) in [7, 11) is 4.15. The van der Waals surface area contributed by atoms with Gasteiger partial charge in [-0.15, -0.1) is 0 Å². The molecule has 2 aliphatic carbocycles. The molecule has 0 unspecified atom stereocenters. The number of nitrogens with one attached hydrogen (secondary N) is 2. The fraction of sp³-hybridized carbons (Fsp3) is 0.714. The molecule has 7 heteroatoms. The summed E-state index contributed by atoms with van der Waals surface area (Å²) in [4.78, 5) is 19.3. The average molecular weight is 309 g/mol. The van der Waals surface area contributed by atoms with Crippen LogP contribution in [0.5, 0.6) is 0 Å². The first-order valence-corrected chi connectivity index (χ1v) is 8.30. The van der Waals surface area contributed by atoms with E-state index < -0.39 is 0 Å². The van der Waals surface area contributed by atoms with Gasteiger partial charge >= 0.3 is 0 Å². The van der Waals surface area contributed by atoms with Gasteiger partial charge in [-0.05, 0) is 46.2 Å². The molecule has 3 rings (SSSR count). The third kappa shape index (κ3) is 2.98. The van der Waals surface area contributed by atoms with Crippen molar-refractivity contribution in [2.24, 2.45) is 0 Å². The van der Waals surface area contributed by atoms with Crippen LogP contribution in [0.1, 0.15) is 41.8 Å². The highest BCUT2D eigenvalue weighted by Crippen LogP contribution is 2.36. The van der Waals surface area contributed by atoms with Gasteiger partial charge in [0.1, 0.15) is 10.7 Å². The van der Waals surface area contributed by atoms with Gasteiger partial charge in [0.25, 0.3) is 5.91 Å². The van der Waals surface area contributed by atoms with Gasteiger partial charge in [-0.1, -0.05) is 11.3 Å². The zero-order chi connectivity index (χ0) is 15.0. The van der Waals surface area contributed by atoms with Crippen LogP contribution < -0.4 is 16.4 Å². The van der Waals surface area contributed by atoms with Crippen LogP contribution in [0, 0.1) is 0 Å². The minimum absolute atomic E-state index is 0.109. The number of nitrogens with zero attached hydrogens (tertiary/aromatic N) is 2. The summed E-state index contributed by atoms with van der Waals surface area (Å²) in [6.07, 6.45) is 5.84. The molecule has 2 fully saturated rings. The number of anilines is 2. The second kappa shape index (κ2) is 5.46. The van der Waals surface area contributed by atoms with Crippen LogP contribution >= 0.6 is 11.3 Å². The van der Waals surface area contributed by atoms with E-state index in [1.165, 1.54) is 30.6 Å². The zero-order valence-electron chi connectivity index (χ0n) is 12.6. The Morgan fingerprint density at radius 2 is 2.19 bits per heavy atom. The summed E-state index contributed by atoms with van der Waals surface area (Å²) in [5.74, 6) is 0.218. The van der Waals surface area contributed by atoms with Crippen molar-refractivity contribution < 1.29 is 4.79 Å². The molecule has 1 aromatic rings. The van der Waals surface area contributed by atoms with E-state index >= 15 is 0 Å². The topological polar surface area (TPSA) is 83.3 Å². The summed E-state index contributed by atoms with van der Waals surface area (Å²) < 4.78 is 0. The van der Waals surface area contributed by atoms with E-state index in [1.807, 2.05) is 0 Å². The van der Waals surface area contributed by atoms with Crippen LogP contribution in [0.2, 0.25) is 0 Å². The lowest BCUT2D eigenvalue weighted by atomic mass is 9.75. The molecule has 0 saturated heterocycles. The Morgan fingerprint density at radius 1 is 1.48 bits per heavy atom. The quantitative estimate of drug-likeness (QED) is 0.742. The molecule has 4 N–H and O–H groups in total. The zero-order valence-corrected chi connectivity index (χ0v) is 13.4. The number of hydrogen-bond acceptors (Lipinski definition) is 6. The van der Waals surface area contributed by atoms with Crippen LogP contribution in [-0.4, -0.2) is 48.0 Å². The lowest BCUT2D eigenvalue weighted by Crippen LogP contribution is -2.57. The van der Waals surface area contributed by atoms with Crippen molar-refractivity contribution in [1.29, 1.82) is 0 Å². The molecule has 0 aromatic carbocycles. The van der Waals surface area contributed by atoms with Gasteiger partial charge in [-0.3, -0.25) is 4.79 Å². The van der Waals surface area contributed by atoms with E-state index in [0.29, 0.717) is 23.3 Å². The lowest BCUT2D eigenvalue weighted by Gasteiger charge is -2.47. The van der Waals surface area contributed by atoms with Crippen LogP contribution in [-0.2, 0) is 0 Å². The maximum absolute atomic E-state index is 12.3. The number of nitrogens with two attached hydrogens (primary N) is 1. The summed E-state index contributed by atoms with van der Waals surface area (Å²) in [6, 6.07) is 0.512. The molecule has 0 spiro atoms. The van der Waals surface area contributed by atoms with Gasteiger partial charge in [0, 0.05) is 18.1 Å². The van der Waals surface area contributed by atoms with E-state index in [-0.39, 0.29) is 11.4 Å². The largest absolute Gasteiger partial charge is 0.382 e. The summed E-state index contributed by atoms with van der Waals surface area (Å²) in [6.45, 7) is 0.668. The van der Waals surface area contributed by atoms with Crippen LogP contribution in [0.4, 0.5) is 10.9 Å². The van der Waals surface area contributed by atoms with Gasteiger partial charge in [0.2, 0.25) is 0 Å². The predicted octanol–water partition coefficient (Wildman–Crippen LogP) is 1.51. The predicted molar refractivity (Wildman–Crippen MR) is 85.8 cm³/mol. The summed E-state index contributed by atoms with van der Waals surface area (Å²) >= 11 is 1.35. The first-order valence-electron chi connectivity index (χ1n) is 7.49. The summed E-state index contributed by atoms with van der Waals surface area (Å²) in [5, 5.41) is 7.07. The highest BCUT2D eigenvalue weighted by Gasteiger charge is 2.39. The number of amides is 1. The van der Waals surface area contributed by atoms with E-state index in [2.05, 4.69) is 34.6 Å². The minimum Gasteiger partial charge on any atom is -0.382 e. The molecular weight excluding hydrogens is 286 g/mol. The van der Waals surface area contributed by atoms with Gasteiger partial charge in [0.05, 0.1) is 0 Å². The molecular formula is C14H23N5OS. The Bertz CT molecular complexity index is 533. The van der Waals surface area contributed by atoms with Crippen molar-refractivity contribution >= 4 is 28.2 Å². The van der Waals surface area contributed by atoms with Crippen LogP contribution in [0.15, 0.2) is 0 Å². The van der Waals surface area contributed by atoms with Crippen molar-refractivity contribution in [1.82, 2.24) is 15.2 Å². The van der Waals surface area contributed by atoms with Crippen molar-refractivity contribution in [2.75, 3.05) is 31.7 Å². The van der Waals surface area contributed by atoms with Gasteiger partial charge < -0.3 is 21.3 Å². The molecule has 21 heavy (non-hydrogen) atoms. The lowest BCUT2D eigenvalue weighted by molar-refractivity contribution is 0.0559. The van der Waals surface area contributed by atoms with E-state index in [4.69, 9.17) is 5.73 Å². The fourth-order valence-electron chi connectivity index (χ4n) is 2.65. The number of thiazole rings is 1. The maximum atomic E-state index is 12.3. The Balaban J connectivity index is 1.61. The third-order valence-electron chi connectivity index (χ3n) is 4.58. The number of hydrogen-bond donors (Lipinski definition) is 3. The molecule has 6 nitrogen and oxygen atoms in total. The molecule has 0 aliphatic heterocycles. The molecule has 2 aliphatic rings. The van der Waals surface area contributed by atoms with Gasteiger partial charge in [-0.2, -0.15) is 0 Å². The Morgan fingerprint density at radius 3 is 2.71 bits per heavy atom. The smallest absolute Gasteiger partial charge is 0.265 e. The number of carbonyl (C=O) groups is 1. The Kier molecular flexibility index (Phi) is 3.79. The normalized spacial score (nSPS) is 20.1. The maximum Gasteiger partial charge on any atom is 0.265 e. The molecule has 0 atom stereocenters. The highest BCUT2D eigenvalue weighted by atomic mass is 32.1. The van der Waals surface area contributed by atoms with Crippen molar-refractivity contribution in [3.63, 3.8) is 0 Å². The molecule has 2 saturated carbocycles. The fourth-order valence-corrected chi connectivity index (χ4v) is 3.53. The number of nitrogen functional groups attached to an aromatic ring is 1. The molecule has 1 aromatic heterocycles. The Labute approximate surface area is 129 Å². The number of rotatable bonds is 6. The minimum atomic E-state index is -0.109. The summed E-state index contributed by atoms with van der Waals surface area (Å²) in [5.41, 5.74) is 5.99. The highest BCUT2D eigenvalue weighted by molar-refractivity contribution is 7.18. The van der Waals surface area contributed by atoms with Crippen molar-refractivity contribution in [3.05, 3.63) is 4.88 Å². The second-order valence-corrected chi connectivity index (χ2v) is 7.31. The average Bonchev–Trinajstić information content (AvgIpc) is 3.09. The molecule has 1 amide bonds. The van der Waals surface area contributed by atoms with Crippen LogP contribution in [0.25, 0.3) is 0 Å². The molecule has 0 radical (unpaired) electrons. The van der Waals surface area contributed by atoms with Crippen molar-refractivity contribution in [3.8, 4) is 0 Å². The van der Waals surface area contributed by atoms with Gasteiger partial charge in [0.15, 0.2) is 5.13 Å². The van der Waals surface area contributed by atoms with Crippen LogP contribution in [0.3, 0.4) is 0 Å². The molecule has 116 valence electrons. The Hall–Kier alpha value is -1.34. The number of aromatic nitrogens is 1. The third-order valence-corrected chi connectivity index (χ3v) is 5.58. The van der Waals surface area contributed by atoms with Gasteiger partial charge in [-0.25, -0.2) is 4.98 Å². The van der Waals surface area contributed by atoms with E-state index in [0.717, 1.165) is 18.0 Å². The van der Waals surface area contributed by atoms with Crippen molar-refractivity contribution in [2.45, 2.75) is 43.7 Å². The first kappa shape index (κ1) is 14.6. The monoisotopic (exact) mass is 309 g/mol. The molecule has 0 bridgehead atoms. The molecule has 1 heterocycles. The van der Waals surface area contributed by atoms with E-state index in [9.17, 15) is 4.79 Å². The second-order valence-electron chi connectivity index (χ2n) is 6.31. The first-order chi connectivity index (χ1) is 10.00. The number of carbonyl (C=O) groups excluding carboxylic acids is 1. The van der Waals surface area contributed by atoms with E-state index in [1.54, 1.807) is 0 Å². The SMILES string of the molecule is CN(C)C1(CNC(=O)c2sc(NC3CC3)nc2N)CCC1.